The van der Waals surface area contributed by atoms with Gasteiger partial charge in [-0.15, -0.1) is 0 Å². The Morgan fingerprint density at radius 2 is 0.750 bits per heavy atom. The molecule has 0 aromatic heterocycles. The molecule has 0 amide bonds. The van der Waals surface area contributed by atoms with Crippen LogP contribution in [0.3, 0.4) is 0 Å². The van der Waals surface area contributed by atoms with Gasteiger partial charge in [-0.1, -0.05) is 48.5 Å². The van der Waals surface area contributed by atoms with Crippen LogP contribution in [0.15, 0.2) is 84.9 Å². The third-order valence-corrected chi connectivity index (χ3v) is 3.03. The molecule has 2 heteroatoms. The van der Waals surface area contributed by atoms with Gasteiger partial charge in [-0.3, -0.25) is 0 Å². The third-order valence-electron chi connectivity index (χ3n) is 3.03. The molecule has 0 fully saturated rings. The summed E-state index contributed by atoms with van der Waals surface area (Å²) in [6.45, 7) is 0. The van der Waals surface area contributed by atoms with Crippen LogP contribution in [0.5, 0.6) is 0 Å². The van der Waals surface area contributed by atoms with Crippen molar-refractivity contribution in [3.63, 3.8) is 0 Å². The SMILES string of the molecule is c1ccc(Nc2ccccc2Nc2ccccc2)cc1. The summed E-state index contributed by atoms with van der Waals surface area (Å²) in [4.78, 5) is 0. The van der Waals surface area contributed by atoms with Crippen LogP contribution in [0.4, 0.5) is 22.7 Å². The highest BCUT2D eigenvalue weighted by Gasteiger charge is 2.02. The van der Waals surface area contributed by atoms with Gasteiger partial charge in [-0.05, 0) is 36.4 Å². The van der Waals surface area contributed by atoms with Crippen molar-refractivity contribution in [1.82, 2.24) is 0 Å². The molecule has 3 rings (SSSR count). The van der Waals surface area contributed by atoms with Crippen LogP contribution in [0, 0.1) is 0 Å². The van der Waals surface area contributed by atoms with E-state index in [1.165, 1.54) is 0 Å². The van der Waals surface area contributed by atoms with Crippen LogP contribution in [-0.2, 0) is 0 Å². The van der Waals surface area contributed by atoms with Gasteiger partial charge < -0.3 is 10.6 Å². The lowest BCUT2D eigenvalue weighted by molar-refractivity contribution is 1.50. The summed E-state index contributed by atoms with van der Waals surface area (Å²) in [6.07, 6.45) is 0. The summed E-state index contributed by atoms with van der Waals surface area (Å²) in [6, 6.07) is 28.5. The first-order chi connectivity index (χ1) is 9.92. The van der Waals surface area contributed by atoms with Crippen molar-refractivity contribution in [2.75, 3.05) is 10.6 Å². The lowest BCUT2D eigenvalue weighted by Crippen LogP contribution is -1.96. The second kappa shape index (κ2) is 5.93. The number of hydrogen-bond acceptors (Lipinski definition) is 2. The number of hydrogen-bond donors (Lipinski definition) is 2. The standard InChI is InChI=1S/C18H16N2/c1-3-9-15(10-4-1)19-17-13-7-8-14-18(17)20-16-11-5-2-6-12-16/h1-14,19-20H. The summed E-state index contributed by atoms with van der Waals surface area (Å²) >= 11 is 0. The van der Waals surface area contributed by atoms with Crippen molar-refractivity contribution in [3.05, 3.63) is 84.9 Å². The van der Waals surface area contributed by atoms with Crippen molar-refractivity contribution in [2.24, 2.45) is 0 Å². The Labute approximate surface area is 119 Å². The van der Waals surface area contributed by atoms with E-state index in [-0.39, 0.29) is 0 Å². The molecule has 0 radical (unpaired) electrons. The fourth-order valence-electron chi connectivity index (χ4n) is 2.06. The van der Waals surface area contributed by atoms with E-state index < -0.39 is 0 Å². The Bertz CT molecular complexity index is 603. The maximum Gasteiger partial charge on any atom is 0.0623 e. The molecule has 0 bridgehead atoms. The summed E-state index contributed by atoms with van der Waals surface area (Å²) < 4.78 is 0. The van der Waals surface area contributed by atoms with Gasteiger partial charge in [0.05, 0.1) is 11.4 Å². The van der Waals surface area contributed by atoms with Gasteiger partial charge >= 0.3 is 0 Å². The molecule has 0 atom stereocenters. The smallest absolute Gasteiger partial charge is 0.0623 e. The van der Waals surface area contributed by atoms with Crippen molar-refractivity contribution < 1.29 is 0 Å². The normalized spacial score (nSPS) is 10.0. The van der Waals surface area contributed by atoms with E-state index in [1.54, 1.807) is 0 Å². The predicted octanol–water partition coefficient (Wildman–Crippen LogP) is 5.17. The summed E-state index contributed by atoms with van der Waals surface area (Å²) in [5.74, 6) is 0. The van der Waals surface area contributed by atoms with Gasteiger partial charge in [-0.2, -0.15) is 0 Å². The first-order valence-corrected chi connectivity index (χ1v) is 6.65. The van der Waals surface area contributed by atoms with Gasteiger partial charge in [0, 0.05) is 11.4 Å². The second-order valence-corrected chi connectivity index (χ2v) is 4.53. The molecule has 0 spiro atoms. The average Bonchev–Trinajstić information content (AvgIpc) is 2.51. The molecule has 0 aliphatic rings. The van der Waals surface area contributed by atoms with E-state index >= 15 is 0 Å². The molecule has 0 heterocycles. The minimum atomic E-state index is 1.06. The number of anilines is 4. The van der Waals surface area contributed by atoms with E-state index in [2.05, 4.69) is 47.0 Å². The van der Waals surface area contributed by atoms with E-state index in [1.807, 2.05) is 48.5 Å². The summed E-state index contributed by atoms with van der Waals surface area (Å²) in [5.41, 5.74) is 4.27. The highest BCUT2D eigenvalue weighted by Crippen LogP contribution is 2.27. The summed E-state index contributed by atoms with van der Waals surface area (Å²) in [7, 11) is 0. The van der Waals surface area contributed by atoms with Crippen molar-refractivity contribution >= 4 is 22.7 Å². The van der Waals surface area contributed by atoms with Gasteiger partial charge in [0.25, 0.3) is 0 Å². The largest absolute Gasteiger partial charge is 0.354 e. The molecule has 0 aliphatic heterocycles. The highest BCUT2D eigenvalue weighted by molar-refractivity contribution is 5.78. The Hall–Kier alpha value is -2.74. The number of rotatable bonds is 4. The Balaban J connectivity index is 1.85. The fraction of sp³-hybridized carbons (Fsp3) is 0. The van der Waals surface area contributed by atoms with Gasteiger partial charge in [-0.25, -0.2) is 0 Å². The van der Waals surface area contributed by atoms with Crippen molar-refractivity contribution in [1.29, 1.82) is 0 Å². The monoisotopic (exact) mass is 260 g/mol. The first-order valence-electron chi connectivity index (χ1n) is 6.65. The molecule has 0 unspecified atom stereocenters. The lowest BCUT2D eigenvalue weighted by Gasteiger charge is -2.13. The zero-order valence-corrected chi connectivity index (χ0v) is 11.1. The van der Waals surface area contributed by atoms with Crippen LogP contribution >= 0.6 is 0 Å². The maximum atomic E-state index is 3.43. The Kier molecular flexibility index (Phi) is 3.65. The quantitative estimate of drug-likeness (QED) is 0.676. The zero-order valence-electron chi connectivity index (χ0n) is 11.1. The molecule has 98 valence electrons. The maximum absolute atomic E-state index is 3.43. The van der Waals surface area contributed by atoms with Crippen LogP contribution in [-0.4, -0.2) is 0 Å². The second-order valence-electron chi connectivity index (χ2n) is 4.53. The molecule has 0 aliphatic carbocycles. The molecule has 2 nitrogen and oxygen atoms in total. The van der Waals surface area contributed by atoms with Crippen molar-refractivity contribution in [2.45, 2.75) is 0 Å². The molecule has 0 saturated heterocycles. The number of nitrogens with one attached hydrogen (secondary N) is 2. The molecular weight excluding hydrogens is 244 g/mol. The molecule has 2 N–H and O–H groups in total. The topological polar surface area (TPSA) is 24.1 Å². The van der Waals surface area contributed by atoms with Crippen LogP contribution < -0.4 is 10.6 Å². The third kappa shape index (κ3) is 2.98. The van der Waals surface area contributed by atoms with E-state index in [0.717, 1.165) is 22.7 Å². The highest BCUT2D eigenvalue weighted by atomic mass is 15.0. The van der Waals surface area contributed by atoms with Crippen LogP contribution in [0.1, 0.15) is 0 Å². The summed E-state index contributed by atoms with van der Waals surface area (Å²) in [5, 5.41) is 6.86. The van der Waals surface area contributed by atoms with Crippen LogP contribution in [0.2, 0.25) is 0 Å². The zero-order chi connectivity index (χ0) is 13.6. The minimum Gasteiger partial charge on any atom is -0.354 e. The van der Waals surface area contributed by atoms with Crippen molar-refractivity contribution in [3.8, 4) is 0 Å². The minimum absolute atomic E-state index is 1.06. The van der Waals surface area contributed by atoms with E-state index in [4.69, 9.17) is 0 Å². The van der Waals surface area contributed by atoms with Crippen LogP contribution in [0.25, 0.3) is 0 Å². The molecule has 20 heavy (non-hydrogen) atoms. The fourth-order valence-corrected chi connectivity index (χ4v) is 2.06. The molecular formula is C18H16N2. The molecule has 3 aromatic carbocycles. The number of benzene rings is 3. The lowest BCUT2D eigenvalue weighted by atomic mass is 10.2. The van der Waals surface area contributed by atoms with Gasteiger partial charge in [0.1, 0.15) is 0 Å². The number of para-hydroxylation sites is 4. The van der Waals surface area contributed by atoms with E-state index in [0.29, 0.717) is 0 Å². The average molecular weight is 260 g/mol. The van der Waals surface area contributed by atoms with E-state index in [9.17, 15) is 0 Å². The Morgan fingerprint density at radius 3 is 1.15 bits per heavy atom. The molecule has 0 saturated carbocycles. The van der Waals surface area contributed by atoms with Gasteiger partial charge in [0.15, 0.2) is 0 Å². The Morgan fingerprint density at radius 1 is 0.400 bits per heavy atom. The molecule has 3 aromatic rings. The van der Waals surface area contributed by atoms with Gasteiger partial charge in [0.2, 0.25) is 0 Å². The first kappa shape index (κ1) is 12.3. The predicted molar refractivity (Wildman–Crippen MR) is 85.9 cm³/mol.